The van der Waals surface area contributed by atoms with Crippen LogP contribution in [0.2, 0.25) is 0 Å². The predicted molar refractivity (Wildman–Crippen MR) is 204 cm³/mol. The van der Waals surface area contributed by atoms with Gasteiger partial charge in [-0.25, -0.2) is 9.69 Å². The summed E-state index contributed by atoms with van der Waals surface area (Å²) in [5.41, 5.74) is 4.64. The number of methoxy groups -OCH3 is 1. The number of anilines is 2. The highest BCUT2D eigenvalue weighted by atomic mass is 127. The molecule has 4 aromatic rings. The van der Waals surface area contributed by atoms with E-state index in [-0.39, 0.29) is 35.6 Å². The molecule has 0 spiro atoms. The molecule has 0 bridgehead atoms. The molecule has 4 amide bonds. The van der Waals surface area contributed by atoms with Gasteiger partial charge in [-0.3, -0.25) is 24.6 Å². The molecule has 12 nitrogen and oxygen atoms in total. The van der Waals surface area contributed by atoms with Crippen molar-refractivity contribution in [1.82, 2.24) is 5.01 Å². The summed E-state index contributed by atoms with van der Waals surface area (Å²) in [4.78, 5) is 71.4. The molecule has 13 heteroatoms. The maximum atomic E-state index is 15.3. The summed E-state index contributed by atoms with van der Waals surface area (Å²) < 4.78 is 6.04. The van der Waals surface area contributed by atoms with Gasteiger partial charge in [0.05, 0.1) is 45.2 Å². The lowest BCUT2D eigenvalue weighted by Crippen LogP contribution is -2.53. The van der Waals surface area contributed by atoms with Crippen LogP contribution in [0.4, 0.5) is 11.4 Å². The summed E-state index contributed by atoms with van der Waals surface area (Å²) in [5, 5.41) is 31.9. The lowest BCUT2D eigenvalue weighted by Gasteiger charge is -2.50. The van der Waals surface area contributed by atoms with Crippen molar-refractivity contribution in [2.75, 3.05) is 17.4 Å². The number of ether oxygens (including phenoxy) is 1. The highest BCUT2D eigenvalue weighted by Gasteiger charge is 2.70. The molecule has 274 valence electrons. The van der Waals surface area contributed by atoms with E-state index in [9.17, 15) is 34.5 Å². The molecule has 0 unspecified atom stereocenters. The number of phenolic OH excluding ortho intramolecular Hbond substituents is 1. The van der Waals surface area contributed by atoms with Gasteiger partial charge in [0.2, 0.25) is 11.8 Å². The number of phenols is 2. The zero-order chi connectivity index (χ0) is 38.2. The zero-order valence-corrected chi connectivity index (χ0v) is 31.2. The van der Waals surface area contributed by atoms with Crippen LogP contribution in [-0.4, -0.2) is 57.0 Å². The number of imide groups is 2. The number of hydrogen-bond acceptors (Lipinski definition) is 9. The third-order valence-electron chi connectivity index (χ3n) is 11.5. The van der Waals surface area contributed by atoms with E-state index in [1.807, 2.05) is 78.1 Å². The maximum absolute atomic E-state index is 15.3. The van der Waals surface area contributed by atoms with E-state index < -0.39 is 70.4 Å². The second kappa shape index (κ2) is 13.0. The van der Waals surface area contributed by atoms with E-state index in [2.05, 4.69) is 5.43 Å². The minimum Gasteiger partial charge on any atom is -0.507 e. The summed E-state index contributed by atoms with van der Waals surface area (Å²) >= 11 is 2.00. The number of aromatic carboxylic acids is 1. The second-order valence-corrected chi connectivity index (χ2v) is 15.3. The van der Waals surface area contributed by atoms with Crippen molar-refractivity contribution in [2.24, 2.45) is 23.7 Å². The van der Waals surface area contributed by atoms with Gasteiger partial charge in [0.1, 0.15) is 11.3 Å². The number of allylic oxidation sites excluding steroid dienone is 2. The number of nitrogens with one attached hydrogen (secondary N) is 1. The molecule has 4 aliphatic rings. The van der Waals surface area contributed by atoms with Crippen molar-refractivity contribution in [3.63, 3.8) is 0 Å². The number of carbonyl (C=O) groups is 5. The minimum absolute atomic E-state index is 0.0351. The average Bonchev–Trinajstić information content (AvgIpc) is 3.54. The lowest BCUT2D eigenvalue weighted by molar-refractivity contribution is -0.138. The van der Waals surface area contributed by atoms with Crippen LogP contribution in [0.1, 0.15) is 45.8 Å². The van der Waals surface area contributed by atoms with Crippen LogP contribution in [-0.2, 0) is 24.6 Å². The Kier molecular flexibility index (Phi) is 8.51. The van der Waals surface area contributed by atoms with Crippen molar-refractivity contribution in [3.8, 4) is 17.2 Å². The van der Waals surface area contributed by atoms with Gasteiger partial charge in [0.15, 0.2) is 11.5 Å². The quantitative estimate of drug-likeness (QED) is 0.0997. The van der Waals surface area contributed by atoms with Gasteiger partial charge in [-0.1, -0.05) is 59.7 Å². The molecular weight excluding hydrogens is 805 g/mol. The SMILES string of the molecule is COc1cc([C@H]2C3=CC[C@@H]4C(=O)N(c5ccc(C(=O)O)c(O)c5)C(=O)[C@@H]4[C@@H]3C[C@H]3C(=O)N(Nc4ccc(C)cc4)C(=O)[C@@]23c2ccccc2)cc(I)c1O. The molecule has 2 aliphatic heterocycles. The largest absolute Gasteiger partial charge is 0.507 e. The molecule has 6 atom stereocenters. The standard InChI is InChI=1S/C41H34IN3O9/c1-20-8-10-23(11-9-20)43-45-37(49)29-19-28-25(14-15-27-33(28)38(50)44(36(27)48)24-12-13-26(39(51)52)31(46)18-24)34(21-16-30(42)35(47)32(17-21)54-2)41(29,40(45)53)22-6-4-3-5-7-22/h3-14,16-18,27-29,33-34,43,46-47H,15,19H2,1-2H3,(H,51,52)/t27-,28+,29-,33-,34-,41+/m0/s1. The van der Waals surface area contributed by atoms with Crippen molar-refractivity contribution < 1.29 is 44.0 Å². The second-order valence-electron chi connectivity index (χ2n) is 14.2. The van der Waals surface area contributed by atoms with E-state index in [1.165, 1.54) is 13.2 Å². The van der Waals surface area contributed by atoms with Crippen LogP contribution in [0.25, 0.3) is 0 Å². The Balaban J connectivity index is 1.32. The van der Waals surface area contributed by atoms with Crippen LogP contribution in [0.15, 0.2) is 96.6 Å². The van der Waals surface area contributed by atoms with Gasteiger partial charge in [-0.2, -0.15) is 5.01 Å². The molecule has 8 rings (SSSR count). The minimum atomic E-state index is -1.51. The number of aryl methyl sites for hydroxylation is 1. The number of carboxylic acid groups (broad SMARTS) is 1. The Hall–Kier alpha value is -5.70. The Morgan fingerprint density at radius 1 is 0.907 bits per heavy atom. The van der Waals surface area contributed by atoms with Gasteiger partial charge in [0.25, 0.3) is 11.8 Å². The fourth-order valence-corrected chi connectivity index (χ4v) is 9.76. The fraction of sp³-hybridized carbons (Fsp3) is 0.244. The number of hydrazine groups is 1. The number of carboxylic acids is 1. The molecule has 0 radical (unpaired) electrons. The number of aromatic hydroxyl groups is 2. The van der Waals surface area contributed by atoms with Gasteiger partial charge in [0, 0.05) is 12.0 Å². The lowest BCUT2D eigenvalue weighted by atomic mass is 9.49. The van der Waals surface area contributed by atoms with Gasteiger partial charge in [-0.15, -0.1) is 0 Å². The first kappa shape index (κ1) is 35.3. The van der Waals surface area contributed by atoms with Crippen molar-refractivity contribution in [1.29, 1.82) is 0 Å². The highest BCUT2D eigenvalue weighted by Crippen LogP contribution is 2.64. The molecular formula is C41H34IN3O9. The molecule has 4 N–H and O–H groups in total. The molecule has 3 fully saturated rings. The Morgan fingerprint density at radius 2 is 1.63 bits per heavy atom. The number of fused-ring (bicyclic) bond motifs is 4. The third-order valence-corrected chi connectivity index (χ3v) is 12.3. The normalized spacial score (nSPS) is 25.9. The Labute approximate surface area is 323 Å². The third kappa shape index (κ3) is 5.11. The topological polar surface area (TPSA) is 174 Å². The van der Waals surface area contributed by atoms with Crippen LogP contribution < -0.4 is 15.1 Å². The number of hydrogen-bond donors (Lipinski definition) is 4. The van der Waals surface area contributed by atoms with Crippen LogP contribution in [0, 0.1) is 34.2 Å². The van der Waals surface area contributed by atoms with Crippen LogP contribution in [0.5, 0.6) is 17.2 Å². The van der Waals surface area contributed by atoms with Crippen LogP contribution in [0.3, 0.4) is 0 Å². The van der Waals surface area contributed by atoms with E-state index in [0.717, 1.165) is 27.6 Å². The number of amides is 4. The van der Waals surface area contributed by atoms with Gasteiger partial charge < -0.3 is 20.1 Å². The molecule has 54 heavy (non-hydrogen) atoms. The molecule has 2 aliphatic carbocycles. The summed E-state index contributed by atoms with van der Waals surface area (Å²) in [6, 6.07) is 23.4. The molecule has 4 aromatic carbocycles. The highest BCUT2D eigenvalue weighted by molar-refractivity contribution is 14.1. The summed E-state index contributed by atoms with van der Waals surface area (Å²) in [6.07, 6.45) is 2.14. The molecule has 0 aromatic heterocycles. The van der Waals surface area contributed by atoms with Gasteiger partial charge in [-0.05, 0) is 95.8 Å². The van der Waals surface area contributed by atoms with Crippen LogP contribution >= 0.6 is 22.6 Å². The van der Waals surface area contributed by atoms with Crippen molar-refractivity contribution in [3.05, 3.63) is 122 Å². The Morgan fingerprint density at radius 3 is 2.30 bits per heavy atom. The maximum Gasteiger partial charge on any atom is 0.339 e. The molecule has 2 saturated heterocycles. The molecule has 1 saturated carbocycles. The first-order valence-corrected chi connectivity index (χ1v) is 18.4. The molecule has 2 heterocycles. The van der Waals surface area contributed by atoms with Gasteiger partial charge >= 0.3 is 5.97 Å². The Bertz CT molecular complexity index is 2310. The van der Waals surface area contributed by atoms with Crippen molar-refractivity contribution >= 4 is 63.6 Å². The monoisotopic (exact) mass is 839 g/mol. The average molecular weight is 840 g/mol. The first-order chi connectivity index (χ1) is 25.9. The zero-order valence-electron chi connectivity index (χ0n) is 29.0. The first-order valence-electron chi connectivity index (χ1n) is 17.4. The number of rotatable bonds is 7. The van der Waals surface area contributed by atoms with E-state index in [4.69, 9.17) is 4.74 Å². The summed E-state index contributed by atoms with van der Waals surface area (Å²) in [7, 11) is 1.43. The van der Waals surface area contributed by atoms with E-state index in [0.29, 0.717) is 26.0 Å². The number of carbonyl (C=O) groups excluding carboxylic acids is 4. The summed E-state index contributed by atoms with van der Waals surface area (Å²) in [6.45, 7) is 1.93. The predicted octanol–water partition coefficient (Wildman–Crippen LogP) is 5.91. The number of halogens is 1. The van der Waals surface area contributed by atoms with E-state index >= 15 is 4.79 Å². The smallest absolute Gasteiger partial charge is 0.339 e. The van der Waals surface area contributed by atoms with Crippen molar-refractivity contribution in [2.45, 2.75) is 31.1 Å². The number of benzene rings is 4. The summed E-state index contributed by atoms with van der Waals surface area (Å²) in [5.74, 6) is -8.12. The van der Waals surface area contributed by atoms with E-state index in [1.54, 1.807) is 24.3 Å². The fourth-order valence-electron chi connectivity index (χ4n) is 9.13. The number of nitrogens with zero attached hydrogens (tertiary/aromatic N) is 2.